The normalized spacial score (nSPS) is 16.2. The molecule has 0 unspecified atom stereocenters. The second-order valence-electron chi connectivity index (χ2n) is 6.33. The molecule has 0 amide bonds. The van der Waals surface area contributed by atoms with Crippen LogP contribution in [0.15, 0.2) is 30.6 Å². The van der Waals surface area contributed by atoms with Gasteiger partial charge >= 0.3 is 0 Å². The van der Waals surface area contributed by atoms with Gasteiger partial charge in [-0.05, 0) is 43.5 Å². The molecule has 0 bridgehead atoms. The summed E-state index contributed by atoms with van der Waals surface area (Å²) < 4.78 is 2.05. The second kappa shape index (κ2) is 6.53. The highest BCUT2D eigenvalue weighted by Crippen LogP contribution is 2.23. The monoisotopic (exact) mass is 298 g/mol. The van der Waals surface area contributed by atoms with Crippen molar-refractivity contribution >= 4 is 5.69 Å². The van der Waals surface area contributed by atoms with Crippen LogP contribution in [-0.4, -0.2) is 47.4 Å². The second-order valence-corrected chi connectivity index (χ2v) is 6.33. The van der Waals surface area contributed by atoms with E-state index in [1.54, 1.807) is 0 Å². The molecule has 1 aromatic heterocycles. The molecule has 0 spiro atoms. The van der Waals surface area contributed by atoms with Crippen LogP contribution in [0.3, 0.4) is 0 Å². The van der Waals surface area contributed by atoms with Gasteiger partial charge in [0.2, 0.25) is 0 Å². The lowest BCUT2D eigenvalue weighted by molar-refractivity contribution is 0.244. The fourth-order valence-electron chi connectivity index (χ4n) is 3.12. The zero-order chi connectivity index (χ0) is 15.5. The fourth-order valence-corrected chi connectivity index (χ4v) is 3.12. The van der Waals surface area contributed by atoms with E-state index in [0.29, 0.717) is 0 Å². The molecule has 118 valence electrons. The first-order valence-corrected chi connectivity index (χ1v) is 8.16. The Morgan fingerprint density at radius 2 is 1.77 bits per heavy atom. The Bertz CT molecular complexity index is 624. The van der Waals surface area contributed by atoms with Gasteiger partial charge < -0.3 is 4.90 Å². The van der Waals surface area contributed by atoms with Crippen molar-refractivity contribution in [2.45, 2.75) is 27.3 Å². The number of hydrogen-bond acceptors (Lipinski definition) is 3. The van der Waals surface area contributed by atoms with Crippen molar-refractivity contribution in [1.82, 2.24) is 14.7 Å². The number of nitrogens with zero attached hydrogens (tertiary/aromatic N) is 4. The van der Waals surface area contributed by atoms with Crippen molar-refractivity contribution in [3.63, 3.8) is 0 Å². The van der Waals surface area contributed by atoms with E-state index >= 15 is 0 Å². The molecular weight excluding hydrogens is 272 g/mol. The van der Waals surface area contributed by atoms with E-state index in [1.165, 1.54) is 22.4 Å². The molecule has 0 atom stereocenters. The fraction of sp³-hybridized carbons (Fsp3) is 0.500. The molecule has 2 heterocycles. The summed E-state index contributed by atoms with van der Waals surface area (Å²) >= 11 is 0. The Hall–Kier alpha value is -1.81. The van der Waals surface area contributed by atoms with Crippen LogP contribution in [0, 0.1) is 20.8 Å². The predicted octanol–water partition coefficient (Wildman–Crippen LogP) is 2.63. The third-order valence-electron chi connectivity index (χ3n) is 4.70. The van der Waals surface area contributed by atoms with E-state index in [9.17, 15) is 0 Å². The summed E-state index contributed by atoms with van der Waals surface area (Å²) in [7, 11) is 0. The van der Waals surface area contributed by atoms with Gasteiger partial charge in [0.15, 0.2) is 0 Å². The first kappa shape index (κ1) is 15.1. The van der Waals surface area contributed by atoms with Crippen LogP contribution < -0.4 is 4.90 Å². The average molecular weight is 298 g/mol. The zero-order valence-corrected chi connectivity index (χ0v) is 13.9. The summed E-state index contributed by atoms with van der Waals surface area (Å²) in [5.41, 5.74) is 5.44. The van der Waals surface area contributed by atoms with Crippen molar-refractivity contribution in [2.24, 2.45) is 0 Å². The van der Waals surface area contributed by atoms with E-state index in [2.05, 4.69) is 60.1 Å². The molecule has 1 fully saturated rings. The number of aryl methyl sites for hydroxylation is 2. The summed E-state index contributed by atoms with van der Waals surface area (Å²) in [6.45, 7) is 13.1. The van der Waals surface area contributed by atoms with Crippen LogP contribution in [0.4, 0.5) is 5.69 Å². The summed E-state index contributed by atoms with van der Waals surface area (Å²) in [5.74, 6) is 0. The molecule has 1 aromatic carbocycles. The molecule has 2 aromatic rings. The maximum atomic E-state index is 4.36. The lowest BCUT2D eigenvalue weighted by Crippen LogP contribution is -2.47. The smallest absolute Gasteiger partial charge is 0.0536 e. The molecule has 1 aliphatic heterocycles. The molecule has 3 rings (SSSR count). The molecule has 0 saturated carbocycles. The van der Waals surface area contributed by atoms with Crippen molar-refractivity contribution < 1.29 is 0 Å². The standard InChI is InChI=1S/C18H26N4/c1-15-13-19-22(14-15)12-9-20-7-10-21(11-8-20)18-6-4-5-16(2)17(18)3/h4-6,13-14H,7-12H2,1-3H3. The van der Waals surface area contributed by atoms with Crippen molar-refractivity contribution in [1.29, 1.82) is 0 Å². The van der Waals surface area contributed by atoms with Crippen LogP contribution in [-0.2, 0) is 6.54 Å². The topological polar surface area (TPSA) is 24.3 Å². The first-order valence-electron chi connectivity index (χ1n) is 8.16. The van der Waals surface area contributed by atoms with Gasteiger partial charge in [-0.1, -0.05) is 12.1 Å². The minimum atomic E-state index is 0.983. The summed E-state index contributed by atoms with van der Waals surface area (Å²) in [6, 6.07) is 6.62. The molecule has 0 aliphatic carbocycles. The van der Waals surface area contributed by atoms with Crippen LogP contribution in [0.1, 0.15) is 16.7 Å². The summed E-state index contributed by atoms with van der Waals surface area (Å²) in [4.78, 5) is 5.07. The molecule has 0 radical (unpaired) electrons. The quantitative estimate of drug-likeness (QED) is 0.867. The van der Waals surface area contributed by atoms with Crippen molar-refractivity contribution in [3.8, 4) is 0 Å². The average Bonchev–Trinajstić information content (AvgIpc) is 2.94. The van der Waals surface area contributed by atoms with Gasteiger partial charge in [-0.15, -0.1) is 0 Å². The largest absolute Gasteiger partial charge is 0.369 e. The Balaban J connectivity index is 1.53. The molecule has 4 heteroatoms. The number of rotatable bonds is 4. The number of benzene rings is 1. The SMILES string of the molecule is Cc1cnn(CCN2CCN(c3cccc(C)c3C)CC2)c1. The van der Waals surface area contributed by atoms with Crippen LogP contribution in [0.2, 0.25) is 0 Å². The zero-order valence-electron chi connectivity index (χ0n) is 13.9. The van der Waals surface area contributed by atoms with Crippen LogP contribution in [0.5, 0.6) is 0 Å². The van der Waals surface area contributed by atoms with Gasteiger partial charge in [0.05, 0.1) is 12.7 Å². The van der Waals surface area contributed by atoms with Gasteiger partial charge in [0.25, 0.3) is 0 Å². The van der Waals surface area contributed by atoms with Gasteiger partial charge in [-0.3, -0.25) is 9.58 Å². The minimum absolute atomic E-state index is 0.983. The number of aromatic nitrogens is 2. The lowest BCUT2D eigenvalue weighted by Gasteiger charge is -2.37. The maximum absolute atomic E-state index is 4.36. The third-order valence-corrected chi connectivity index (χ3v) is 4.70. The molecule has 4 nitrogen and oxygen atoms in total. The first-order chi connectivity index (χ1) is 10.6. The summed E-state index contributed by atoms with van der Waals surface area (Å²) in [5, 5.41) is 4.36. The highest BCUT2D eigenvalue weighted by molar-refractivity contribution is 5.56. The van der Waals surface area contributed by atoms with E-state index < -0.39 is 0 Å². The van der Waals surface area contributed by atoms with E-state index in [-0.39, 0.29) is 0 Å². The van der Waals surface area contributed by atoms with Gasteiger partial charge in [0, 0.05) is 44.6 Å². The number of hydrogen-bond donors (Lipinski definition) is 0. The number of piperazine rings is 1. The van der Waals surface area contributed by atoms with Crippen molar-refractivity contribution in [3.05, 3.63) is 47.3 Å². The maximum Gasteiger partial charge on any atom is 0.0536 e. The Labute approximate surface area is 133 Å². The molecule has 1 saturated heterocycles. The lowest BCUT2D eigenvalue weighted by atomic mass is 10.1. The molecule has 1 aliphatic rings. The minimum Gasteiger partial charge on any atom is -0.369 e. The van der Waals surface area contributed by atoms with E-state index in [4.69, 9.17) is 0 Å². The highest BCUT2D eigenvalue weighted by Gasteiger charge is 2.18. The number of anilines is 1. The highest BCUT2D eigenvalue weighted by atomic mass is 15.3. The van der Waals surface area contributed by atoms with E-state index in [0.717, 1.165) is 39.3 Å². The van der Waals surface area contributed by atoms with Gasteiger partial charge in [-0.2, -0.15) is 5.10 Å². The Kier molecular flexibility index (Phi) is 4.48. The van der Waals surface area contributed by atoms with Gasteiger partial charge in [-0.25, -0.2) is 0 Å². The Morgan fingerprint density at radius 3 is 2.45 bits per heavy atom. The Morgan fingerprint density at radius 1 is 1.00 bits per heavy atom. The van der Waals surface area contributed by atoms with Gasteiger partial charge in [0.1, 0.15) is 0 Å². The van der Waals surface area contributed by atoms with Crippen LogP contribution in [0.25, 0.3) is 0 Å². The third kappa shape index (κ3) is 3.33. The predicted molar refractivity (Wildman–Crippen MR) is 91.5 cm³/mol. The summed E-state index contributed by atoms with van der Waals surface area (Å²) in [6.07, 6.45) is 4.05. The van der Waals surface area contributed by atoms with E-state index in [1.807, 2.05) is 10.9 Å². The molecule has 22 heavy (non-hydrogen) atoms. The molecule has 0 N–H and O–H groups in total. The van der Waals surface area contributed by atoms with Crippen LogP contribution >= 0.6 is 0 Å². The molecular formula is C18H26N4. The van der Waals surface area contributed by atoms with Crippen molar-refractivity contribution in [2.75, 3.05) is 37.6 Å².